The van der Waals surface area contributed by atoms with Gasteiger partial charge >= 0.3 is 0 Å². The molecule has 1 saturated heterocycles. The van der Waals surface area contributed by atoms with Crippen molar-refractivity contribution in [1.29, 1.82) is 0 Å². The first kappa shape index (κ1) is 24.9. The molecule has 1 amide bonds. The van der Waals surface area contributed by atoms with Gasteiger partial charge in [0.2, 0.25) is 0 Å². The largest absolute Gasteiger partial charge is 0.490 e. The van der Waals surface area contributed by atoms with Gasteiger partial charge in [0.25, 0.3) is 11.6 Å². The van der Waals surface area contributed by atoms with E-state index in [1.165, 1.54) is 23.1 Å². The fourth-order valence-electron chi connectivity index (χ4n) is 3.28. The second-order valence-corrected chi connectivity index (χ2v) is 9.97. The predicted molar refractivity (Wildman–Crippen MR) is 143 cm³/mol. The molecule has 0 radical (unpaired) electrons. The van der Waals surface area contributed by atoms with Crippen molar-refractivity contribution < 1.29 is 19.2 Å². The average Bonchev–Trinajstić information content (AvgIpc) is 3.11. The number of benzene rings is 3. The zero-order valence-electron chi connectivity index (χ0n) is 18.3. The number of halogens is 1. The molecule has 0 aromatic heterocycles. The predicted octanol–water partition coefficient (Wildman–Crippen LogP) is 6.22. The Morgan fingerprint density at radius 3 is 2.46 bits per heavy atom. The lowest BCUT2D eigenvalue weighted by atomic mass is 10.1. The summed E-state index contributed by atoms with van der Waals surface area (Å²) in [6.07, 6.45) is 1.59. The van der Waals surface area contributed by atoms with Crippen LogP contribution in [0.25, 0.3) is 6.08 Å². The second-order valence-electron chi connectivity index (χ2n) is 7.38. The highest BCUT2D eigenvalue weighted by molar-refractivity contribution is 9.10. The fourth-order valence-corrected chi connectivity index (χ4v) is 4.79. The number of thiocarbonyl (C=S) groups is 1. The molecule has 0 N–H and O–H groups in total. The van der Waals surface area contributed by atoms with Crippen molar-refractivity contribution in [1.82, 2.24) is 4.90 Å². The van der Waals surface area contributed by atoms with Crippen molar-refractivity contribution in [3.05, 3.63) is 103 Å². The van der Waals surface area contributed by atoms with Gasteiger partial charge in [-0.1, -0.05) is 70.2 Å². The van der Waals surface area contributed by atoms with E-state index in [0.29, 0.717) is 32.8 Å². The summed E-state index contributed by atoms with van der Waals surface area (Å²) in [5, 5.41) is 11.3. The highest BCUT2D eigenvalue weighted by Gasteiger charge is 2.32. The molecule has 3 aromatic carbocycles. The fraction of sp³-hybridized carbons (Fsp3) is 0.120. The Hall–Kier alpha value is -3.21. The SMILES string of the molecule is O=C1/C(=C/c2cc([N+](=O)[O-])ccc2OCCOc2ccc(Br)cc2)SC(=S)N1Cc1ccccc1. The van der Waals surface area contributed by atoms with Crippen LogP contribution in [0.5, 0.6) is 11.5 Å². The first-order chi connectivity index (χ1) is 16.9. The number of nitro groups is 1. The van der Waals surface area contributed by atoms with Gasteiger partial charge in [0.05, 0.1) is 16.4 Å². The van der Waals surface area contributed by atoms with Gasteiger partial charge in [0, 0.05) is 22.2 Å². The van der Waals surface area contributed by atoms with E-state index in [2.05, 4.69) is 15.9 Å². The Morgan fingerprint density at radius 1 is 1.03 bits per heavy atom. The van der Waals surface area contributed by atoms with Crippen LogP contribution < -0.4 is 9.47 Å². The smallest absolute Gasteiger partial charge is 0.270 e. The second kappa shape index (κ2) is 11.5. The van der Waals surface area contributed by atoms with E-state index in [1.807, 2.05) is 54.6 Å². The molecule has 1 fully saturated rings. The molecule has 178 valence electrons. The monoisotopic (exact) mass is 570 g/mol. The summed E-state index contributed by atoms with van der Waals surface area (Å²) in [6.45, 7) is 0.843. The van der Waals surface area contributed by atoms with Crippen molar-refractivity contribution in [3.63, 3.8) is 0 Å². The molecule has 35 heavy (non-hydrogen) atoms. The normalized spacial score (nSPS) is 14.4. The van der Waals surface area contributed by atoms with Crippen molar-refractivity contribution in [2.24, 2.45) is 0 Å². The van der Waals surface area contributed by atoms with Crippen LogP contribution in [0, 0.1) is 10.1 Å². The van der Waals surface area contributed by atoms with Crippen LogP contribution in [-0.4, -0.2) is 33.3 Å². The van der Waals surface area contributed by atoms with E-state index >= 15 is 0 Å². The van der Waals surface area contributed by atoms with Crippen LogP contribution in [-0.2, 0) is 11.3 Å². The Kier molecular flexibility index (Phi) is 8.17. The zero-order chi connectivity index (χ0) is 24.8. The molecule has 0 spiro atoms. The highest BCUT2D eigenvalue weighted by atomic mass is 79.9. The van der Waals surface area contributed by atoms with E-state index in [4.69, 9.17) is 21.7 Å². The summed E-state index contributed by atoms with van der Waals surface area (Å²) in [5.41, 5.74) is 1.27. The molecular weight excluding hydrogens is 552 g/mol. The molecule has 3 aromatic rings. The highest BCUT2D eigenvalue weighted by Crippen LogP contribution is 2.36. The maximum absolute atomic E-state index is 13.0. The molecule has 1 aliphatic rings. The van der Waals surface area contributed by atoms with Crippen LogP contribution in [0.2, 0.25) is 0 Å². The van der Waals surface area contributed by atoms with Crippen LogP contribution in [0.1, 0.15) is 11.1 Å². The lowest BCUT2D eigenvalue weighted by molar-refractivity contribution is -0.384. The number of rotatable bonds is 9. The number of carbonyl (C=O) groups is 1. The summed E-state index contributed by atoms with van der Waals surface area (Å²) in [4.78, 5) is 25.8. The summed E-state index contributed by atoms with van der Waals surface area (Å²) in [6, 6.07) is 21.2. The third-order valence-corrected chi connectivity index (χ3v) is 6.88. The van der Waals surface area contributed by atoms with Crippen molar-refractivity contribution in [2.75, 3.05) is 13.2 Å². The van der Waals surface area contributed by atoms with Gasteiger partial charge in [-0.25, -0.2) is 0 Å². The minimum Gasteiger partial charge on any atom is -0.490 e. The summed E-state index contributed by atoms with van der Waals surface area (Å²) in [5.74, 6) is 0.853. The van der Waals surface area contributed by atoms with E-state index in [-0.39, 0.29) is 24.8 Å². The lowest BCUT2D eigenvalue weighted by Crippen LogP contribution is -2.27. The van der Waals surface area contributed by atoms with E-state index < -0.39 is 4.92 Å². The van der Waals surface area contributed by atoms with E-state index in [0.717, 1.165) is 21.8 Å². The van der Waals surface area contributed by atoms with Crippen LogP contribution >= 0.6 is 39.9 Å². The Balaban J connectivity index is 1.49. The maximum Gasteiger partial charge on any atom is 0.270 e. The first-order valence-corrected chi connectivity index (χ1v) is 12.5. The van der Waals surface area contributed by atoms with Crippen LogP contribution in [0.15, 0.2) is 82.2 Å². The average molecular weight is 571 g/mol. The molecule has 0 unspecified atom stereocenters. The quantitative estimate of drug-likeness (QED) is 0.0992. The number of nitrogens with zero attached hydrogens (tertiary/aromatic N) is 2. The van der Waals surface area contributed by atoms with Crippen LogP contribution in [0.3, 0.4) is 0 Å². The molecule has 7 nitrogen and oxygen atoms in total. The van der Waals surface area contributed by atoms with Crippen LogP contribution in [0.4, 0.5) is 5.69 Å². The summed E-state index contributed by atoms with van der Waals surface area (Å²) in [7, 11) is 0. The first-order valence-electron chi connectivity index (χ1n) is 10.5. The molecule has 10 heteroatoms. The van der Waals surface area contributed by atoms with Gasteiger partial charge in [0.15, 0.2) is 0 Å². The molecular formula is C25H19BrN2O5S2. The summed E-state index contributed by atoms with van der Waals surface area (Å²) < 4.78 is 12.9. The van der Waals surface area contributed by atoms with Gasteiger partial charge in [0.1, 0.15) is 29.0 Å². The lowest BCUT2D eigenvalue weighted by Gasteiger charge is -2.14. The summed E-state index contributed by atoms with van der Waals surface area (Å²) >= 11 is 9.95. The van der Waals surface area contributed by atoms with Gasteiger partial charge in [-0.15, -0.1) is 0 Å². The Labute approximate surface area is 220 Å². The number of thioether (sulfide) groups is 1. The standard InChI is InChI=1S/C25H19BrN2O5S2/c26-19-6-9-21(10-7-19)32-12-13-33-22-11-8-20(28(30)31)14-18(22)15-23-24(29)27(25(34)35-23)16-17-4-2-1-3-5-17/h1-11,14-15H,12-13,16H2/b23-15-. The number of non-ortho nitro benzene ring substituents is 1. The third kappa shape index (κ3) is 6.47. The molecule has 0 bridgehead atoms. The number of ether oxygens (including phenoxy) is 2. The molecule has 0 aliphatic carbocycles. The minimum absolute atomic E-state index is 0.102. The topological polar surface area (TPSA) is 81.9 Å². The molecule has 4 rings (SSSR count). The van der Waals surface area contributed by atoms with Gasteiger partial charge in [-0.05, 0) is 42.0 Å². The Bertz CT molecular complexity index is 1280. The van der Waals surface area contributed by atoms with E-state index in [1.54, 1.807) is 6.08 Å². The number of hydrogen-bond acceptors (Lipinski definition) is 7. The van der Waals surface area contributed by atoms with E-state index in [9.17, 15) is 14.9 Å². The maximum atomic E-state index is 13.0. The molecule has 1 heterocycles. The number of carbonyl (C=O) groups excluding carboxylic acids is 1. The van der Waals surface area contributed by atoms with Gasteiger partial charge in [-0.2, -0.15) is 0 Å². The van der Waals surface area contributed by atoms with Crippen molar-refractivity contribution in [2.45, 2.75) is 6.54 Å². The number of amides is 1. The van der Waals surface area contributed by atoms with Crippen molar-refractivity contribution in [3.8, 4) is 11.5 Å². The number of nitro benzene ring substituents is 1. The molecule has 0 atom stereocenters. The van der Waals surface area contributed by atoms with Gasteiger partial charge < -0.3 is 9.47 Å². The zero-order valence-corrected chi connectivity index (χ0v) is 21.5. The molecule has 1 aliphatic heterocycles. The minimum atomic E-state index is -0.488. The van der Waals surface area contributed by atoms with Crippen molar-refractivity contribution >= 4 is 61.9 Å². The third-order valence-electron chi connectivity index (χ3n) is 4.97. The molecule has 0 saturated carbocycles. The Morgan fingerprint density at radius 2 is 1.74 bits per heavy atom. The number of hydrogen-bond donors (Lipinski definition) is 0. The van der Waals surface area contributed by atoms with Gasteiger partial charge in [-0.3, -0.25) is 19.8 Å².